The molecule has 1 amide bonds. The van der Waals surface area contributed by atoms with Crippen molar-refractivity contribution < 1.29 is 22.7 Å². The number of esters is 1. The molecular formula is C19H27NO5S2. The van der Waals surface area contributed by atoms with Crippen LogP contribution in [-0.2, 0) is 32.2 Å². The third-order valence-corrected chi connectivity index (χ3v) is 8.30. The van der Waals surface area contributed by atoms with Crippen molar-refractivity contribution in [2.45, 2.75) is 57.9 Å². The predicted molar refractivity (Wildman–Crippen MR) is 105 cm³/mol. The van der Waals surface area contributed by atoms with E-state index >= 15 is 0 Å². The van der Waals surface area contributed by atoms with Gasteiger partial charge in [0.2, 0.25) is 0 Å². The lowest BCUT2D eigenvalue weighted by molar-refractivity contribution is -0.136. The Bertz CT molecular complexity index is 774. The topological polar surface area (TPSA) is 80.8 Å². The van der Waals surface area contributed by atoms with Crippen LogP contribution in [-0.4, -0.2) is 55.9 Å². The van der Waals surface area contributed by atoms with Crippen molar-refractivity contribution in [3.63, 3.8) is 0 Å². The fraction of sp³-hybridized carbons (Fsp3) is 0.684. The van der Waals surface area contributed by atoms with Gasteiger partial charge in [-0.05, 0) is 50.7 Å². The smallest absolute Gasteiger partial charge is 0.348 e. The van der Waals surface area contributed by atoms with Crippen LogP contribution in [0.25, 0.3) is 0 Å². The first-order chi connectivity index (χ1) is 12.9. The predicted octanol–water partition coefficient (Wildman–Crippen LogP) is 2.60. The number of likely N-dealkylation sites (N-methyl/N-ethyl adjacent to an activating group) is 1. The van der Waals surface area contributed by atoms with Gasteiger partial charge >= 0.3 is 5.97 Å². The van der Waals surface area contributed by atoms with E-state index in [4.69, 9.17) is 4.74 Å². The van der Waals surface area contributed by atoms with Gasteiger partial charge in [-0.1, -0.05) is 12.8 Å². The zero-order valence-electron chi connectivity index (χ0n) is 15.7. The van der Waals surface area contributed by atoms with Crippen molar-refractivity contribution in [1.82, 2.24) is 4.90 Å². The molecule has 2 aliphatic rings. The number of nitrogens with zero attached hydrogens (tertiary/aromatic N) is 1. The van der Waals surface area contributed by atoms with Crippen molar-refractivity contribution >= 4 is 33.1 Å². The van der Waals surface area contributed by atoms with E-state index in [2.05, 4.69) is 0 Å². The standard InChI is InChI=1S/C19H27NO5S2/c1-2-20(15-9-10-27(23,24)13-15)18(21)12-25-19(22)17-11-14-7-5-3-4-6-8-16(14)26-17/h11,15H,2-10,12-13H2,1H3. The van der Waals surface area contributed by atoms with Crippen LogP contribution >= 0.6 is 11.3 Å². The van der Waals surface area contributed by atoms with Crippen LogP contribution < -0.4 is 0 Å². The van der Waals surface area contributed by atoms with E-state index < -0.39 is 15.8 Å². The molecule has 1 aliphatic heterocycles. The summed E-state index contributed by atoms with van der Waals surface area (Å²) in [6.45, 7) is 1.87. The number of aryl methyl sites for hydroxylation is 2. The van der Waals surface area contributed by atoms with Crippen molar-refractivity contribution in [2.24, 2.45) is 0 Å². The van der Waals surface area contributed by atoms with Crippen LogP contribution in [0.3, 0.4) is 0 Å². The minimum Gasteiger partial charge on any atom is -0.451 e. The number of ether oxygens (including phenoxy) is 1. The lowest BCUT2D eigenvalue weighted by Crippen LogP contribution is -2.43. The van der Waals surface area contributed by atoms with Crippen LogP contribution in [0.15, 0.2) is 6.07 Å². The van der Waals surface area contributed by atoms with Gasteiger partial charge in [-0.3, -0.25) is 4.79 Å². The fourth-order valence-corrected chi connectivity index (χ4v) is 6.76. The number of rotatable bonds is 5. The normalized spacial score (nSPS) is 21.7. The first-order valence-corrected chi connectivity index (χ1v) is 12.3. The highest BCUT2D eigenvalue weighted by atomic mass is 32.2. The molecule has 0 spiro atoms. The van der Waals surface area contributed by atoms with Gasteiger partial charge < -0.3 is 9.64 Å². The van der Waals surface area contributed by atoms with E-state index in [0.717, 1.165) is 25.7 Å². The maximum absolute atomic E-state index is 12.5. The minimum atomic E-state index is -3.07. The molecule has 1 atom stereocenters. The van der Waals surface area contributed by atoms with Crippen LogP contribution in [0.1, 0.15) is 59.1 Å². The summed E-state index contributed by atoms with van der Waals surface area (Å²) in [4.78, 5) is 28.2. The Morgan fingerprint density at radius 2 is 1.96 bits per heavy atom. The number of carbonyl (C=O) groups excluding carboxylic acids is 2. The van der Waals surface area contributed by atoms with E-state index in [0.29, 0.717) is 17.8 Å². The molecule has 150 valence electrons. The second kappa shape index (κ2) is 8.73. The lowest BCUT2D eigenvalue weighted by Gasteiger charge is -2.26. The second-order valence-corrected chi connectivity index (χ2v) is 10.7. The molecule has 27 heavy (non-hydrogen) atoms. The second-order valence-electron chi connectivity index (χ2n) is 7.29. The first-order valence-electron chi connectivity index (χ1n) is 9.68. The molecule has 1 aromatic heterocycles. The number of thiophene rings is 1. The van der Waals surface area contributed by atoms with Crippen LogP contribution in [0, 0.1) is 0 Å². The van der Waals surface area contributed by atoms with Gasteiger partial charge in [0, 0.05) is 17.5 Å². The Morgan fingerprint density at radius 1 is 1.22 bits per heavy atom. The first kappa shape index (κ1) is 20.3. The Morgan fingerprint density at radius 3 is 2.63 bits per heavy atom. The fourth-order valence-electron chi connectivity index (χ4n) is 3.89. The quantitative estimate of drug-likeness (QED) is 0.693. The number of fused-ring (bicyclic) bond motifs is 1. The highest BCUT2D eigenvalue weighted by molar-refractivity contribution is 7.91. The van der Waals surface area contributed by atoms with E-state index in [1.54, 1.807) is 0 Å². The molecule has 1 saturated heterocycles. The Balaban J connectivity index is 1.58. The van der Waals surface area contributed by atoms with Crippen LogP contribution in [0.5, 0.6) is 0 Å². The molecule has 1 unspecified atom stereocenters. The number of hydrogen-bond acceptors (Lipinski definition) is 6. The molecule has 1 aromatic rings. The maximum atomic E-state index is 12.5. The highest BCUT2D eigenvalue weighted by Crippen LogP contribution is 2.29. The molecule has 6 nitrogen and oxygen atoms in total. The summed E-state index contributed by atoms with van der Waals surface area (Å²) in [7, 11) is -3.07. The van der Waals surface area contributed by atoms with E-state index in [9.17, 15) is 18.0 Å². The molecule has 1 fully saturated rings. The minimum absolute atomic E-state index is 0.00181. The van der Waals surface area contributed by atoms with Crippen LogP contribution in [0.4, 0.5) is 0 Å². The van der Waals surface area contributed by atoms with Crippen molar-refractivity contribution in [3.8, 4) is 0 Å². The van der Waals surface area contributed by atoms with Crippen molar-refractivity contribution in [1.29, 1.82) is 0 Å². The molecule has 1 aliphatic carbocycles. The summed E-state index contributed by atoms with van der Waals surface area (Å²) >= 11 is 1.48. The molecular weight excluding hydrogens is 386 g/mol. The third-order valence-electron chi connectivity index (χ3n) is 5.33. The number of sulfone groups is 1. The molecule has 0 radical (unpaired) electrons. The Kier molecular flexibility index (Phi) is 6.57. The Hall–Kier alpha value is -1.41. The van der Waals surface area contributed by atoms with E-state index in [-0.39, 0.29) is 30.1 Å². The summed E-state index contributed by atoms with van der Waals surface area (Å²) in [6.07, 6.45) is 7.21. The van der Waals surface area contributed by atoms with Gasteiger partial charge in [0.1, 0.15) is 4.88 Å². The van der Waals surface area contributed by atoms with Crippen molar-refractivity contribution in [2.75, 3.05) is 24.7 Å². The highest BCUT2D eigenvalue weighted by Gasteiger charge is 2.34. The van der Waals surface area contributed by atoms with Gasteiger partial charge in [-0.25, -0.2) is 13.2 Å². The van der Waals surface area contributed by atoms with Crippen LogP contribution in [0.2, 0.25) is 0 Å². The zero-order chi connectivity index (χ0) is 19.4. The lowest BCUT2D eigenvalue weighted by atomic mass is 10.00. The number of amides is 1. The molecule has 8 heteroatoms. The number of hydrogen-bond donors (Lipinski definition) is 0. The van der Waals surface area contributed by atoms with Gasteiger partial charge in [0.25, 0.3) is 5.91 Å². The van der Waals surface area contributed by atoms with Gasteiger partial charge in [0.05, 0.1) is 11.5 Å². The molecule has 0 N–H and O–H groups in total. The van der Waals surface area contributed by atoms with Gasteiger partial charge in [0.15, 0.2) is 16.4 Å². The van der Waals surface area contributed by atoms with Gasteiger partial charge in [-0.2, -0.15) is 0 Å². The molecule has 0 saturated carbocycles. The summed E-state index contributed by atoms with van der Waals surface area (Å²) in [5.41, 5.74) is 1.24. The molecule has 0 aromatic carbocycles. The largest absolute Gasteiger partial charge is 0.451 e. The third kappa shape index (κ3) is 5.10. The molecule has 0 bridgehead atoms. The van der Waals surface area contributed by atoms with Crippen molar-refractivity contribution in [3.05, 3.63) is 21.4 Å². The SMILES string of the molecule is CCN(C(=O)COC(=O)c1cc2c(s1)CCCCCC2)C1CCS(=O)(=O)C1. The molecule has 3 rings (SSSR count). The zero-order valence-corrected chi connectivity index (χ0v) is 17.4. The average Bonchev–Trinajstić information content (AvgIpc) is 3.16. The average molecular weight is 414 g/mol. The summed E-state index contributed by atoms with van der Waals surface area (Å²) in [5.74, 6) is -0.682. The summed E-state index contributed by atoms with van der Waals surface area (Å²) < 4.78 is 28.6. The molecule has 2 heterocycles. The number of carbonyl (C=O) groups is 2. The Labute approximate surface area is 164 Å². The summed E-state index contributed by atoms with van der Waals surface area (Å²) in [6, 6.07) is 1.60. The van der Waals surface area contributed by atoms with Gasteiger partial charge in [-0.15, -0.1) is 11.3 Å². The van der Waals surface area contributed by atoms with E-state index in [1.165, 1.54) is 39.5 Å². The monoisotopic (exact) mass is 413 g/mol. The summed E-state index contributed by atoms with van der Waals surface area (Å²) in [5, 5.41) is 0. The van der Waals surface area contributed by atoms with E-state index in [1.807, 2.05) is 13.0 Å². The maximum Gasteiger partial charge on any atom is 0.348 e.